The van der Waals surface area contributed by atoms with Gasteiger partial charge in [0.05, 0.1) is 12.2 Å². The quantitative estimate of drug-likeness (QED) is 0.864. The van der Waals surface area contributed by atoms with Crippen molar-refractivity contribution < 1.29 is 9.50 Å². The summed E-state index contributed by atoms with van der Waals surface area (Å²) in [5.74, 6) is 6.10. The second-order valence-electron chi connectivity index (χ2n) is 6.04. The van der Waals surface area contributed by atoms with E-state index in [1.165, 1.54) is 18.9 Å². The number of piperidine rings is 1. The minimum Gasteiger partial charge on any atom is -0.395 e. The van der Waals surface area contributed by atoms with E-state index < -0.39 is 0 Å². The molecule has 1 aliphatic heterocycles. The Morgan fingerprint density at radius 1 is 1.38 bits per heavy atom. The molecule has 114 valence electrons. The third-order valence-corrected chi connectivity index (χ3v) is 4.15. The first-order chi connectivity index (χ1) is 10.1. The molecule has 0 radical (unpaired) electrons. The van der Waals surface area contributed by atoms with E-state index >= 15 is 0 Å². The summed E-state index contributed by atoms with van der Waals surface area (Å²) < 4.78 is 13.7. The van der Waals surface area contributed by atoms with E-state index in [0.29, 0.717) is 18.0 Å². The van der Waals surface area contributed by atoms with Crippen LogP contribution in [-0.4, -0.2) is 29.2 Å². The highest BCUT2D eigenvalue weighted by atomic mass is 19.1. The fourth-order valence-corrected chi connectivity index (χ4v) is 2.91. The molecule has 2 nitrogen and oxygen atoms in total. The largest absolute Gasteiger partial charge is 0.395 e. The highest BCUT2D eigenvalue weighted by molar-refractivity contribution is 5.38. The Morgan fingerprint density at radius 3 is 2.90 bits per heavy atom. The lowest BCUT2D eigenvalue weighted by molar-refractivity contribution is 0.122. The Bertz CT molecular complexity index is 532. The Labute approximate surface area is 127 Å². The molecule has 0 aliphatic carbocycles. The summed E-state index contributed by atoms with van der Waals surface area (Å²) in [5, 5.41) is 8.73. The van der Waals surface area contributed by atoms with E-state index in [1.807, 2.05) is 12.1 Å². The highest BCUT2D eigenvalue weighted by Crippen LogP contribution is 2.24. The van der Waals surface area contributed by atoms with Crippen molar-refractivity contribution in [1.82, 2.24) is 4.90 Å². The van der Waals surface area contributed by atoms with Crippen LogP contribution in [0.2, 0.25) is 0 Å². The Morgan fingerprint density at radius 2 is 2.19 bits per heavy atom. The smallest absolute Gasteiger partial charge is 0.138 e. The molecular formula is C18H24FNO. The molecule has 2 atom stereocenters. The number of nitrogens with zero attached hydrogens (tertiary/aromatic N) is 1. The van der Waals surface area contributed by atoms with Crippen LogP contribution in [0.3, 0.4) is 0 Å². The van der Waals surface area contributed by atoms with Gasteiger partial charge in [-0.25, -0.2) is 4.39 Å². The van der Waals surface area contributed by atoms with Gasteiger partial charge in [-0.15, -0.1) is 0 Å². The van der Waals surface area contributed by atoms with E-state index in [9.17, 15) is 4.39 Å². The minimum absolute atomic E-state index is 0.0117. The first-order valence-corrected chi connectivity index (χ1v) is 7.72. The van der Waals surface area contributed by atoms with Crippen LogP contribution in [0.1, 0.15) is 44.2 Å². The molecule has 0 bridgehead atoms. The zero-order chi connectivity index (χ0) is 15.2. The van der Waals surface area contributed by atoms with Crippen molar-refractivity contribution in [3.8, 4) is 11.8 Å². The van der Waals surface area contributed by atoms with Crippen LogP contribution >= 0.6 is 0 Å². The molecule has 0 spiro atoms. The second-order valence-corrected chi connectivity index (χ2v) is 6.04. The van der Waals surface area contributed by atoms with Gasteiger partial charge < -0.3 is 5.11 Å². The summed E-state index contributed by atoms with van der Waals surface area (Å²) >= 11 is 0. The van der Waals surface area contributed by atoms with Crippen LogP contribution in [0.25, 0.3) is 0 Å². The van der Waals surface area contributed by atoms with Gasteiger partial charge in [0.15, 0.2) is 0 Å². The van der Waals surface area contributed by atoms with E-state index in [0.717, 1.165) is 24.6 Å². The van der Waals surface area contributed by atoms with Gasteiger partial charge in [0.1, 0.15) is 5.82 Å². The molecule has 2 unspecified atom stereocenters. The molecule has 21 heavy (non-hydrogen) atoms. The molecule has 1 saturated heterocycles. The van der Waals surface area contributed by atoms with Gasteiger partial charge in [0, 0.05) is 19.0 Å². The first kappa shape index (κ1) is 16.0. The number of aliphatic hydroxyl groups excluding tert-OH is 1. The van der Waals surface area contributed by atoms with Crippen LogP contribution in [0.15, 0.2) is 18.2 Å². The molecule has 0 amide bonds. The predicted molar refractivity (Wildman–Crippen MR) is 83.3 cm³/mol. The van der Waals surface area contributed by atoms with Crippen LogP contribution in [-0.2, 0) is 6.54 Å². The van der Waals surface area contributed by atoms with Crippen molar-refractivity contribution in [2.24, 2.45) is 5.92 Å². The third-order valence-electron chi connectivity index (χ3n) is 4.15. The van der Waals surface area contributed by atoms with Crippen molar-refractivity contribution in [2.45, 2.75) is 45.7 Å². The molecule has 1 fully saturated rings. The number of halogens is 1. The number of hydrogen-bond donors (Lipinski definition) is 1. The number of hydrogen-bond acceptors (Lipinski definition) is 2. The van der Waals surface area contributed by atoms with Crippen LogP contribution in [0, 0.1) is 23.6 Å². The lowest BCUT2D eigenvalue weighted by Gasteiger charge is -2.36. The zero-order valence-electron chi connectivity index (χ0n) is 12.9. The molecule has 1 aromatic rings. The van der Waals surface area contributed by atoms with Gasteiger partial charge in [-0.2, -0.15) is 0 Å². The van der Waals surface area contributed by atoms with Crippen LogP contribution in [0.5, 0.6) is 0 Å². The third kappa shape index (κ3) is 4.56. The van der Waals surface area contributed by atoms with E-state index in [-0.39, 0.29) is 12.4 Å². The molecule has 1 aliphatic rings. The van der Waals surface area contributed by atoms with Crippen LogP contribution < -0.4 is 0 Å². The van der Waals surface area contributed by atoms with Crippen molar-refractivity contribution in [1.29, 1.82) is 0 Å². The Kier molecular flexibility index (Phi) is 5.78. The maximum absolute atomic E-state index is 13.7. The molecule has 1 aromatic carbocycles. The topological polar surface area (TPSA) is 23.5 Å². The van der Waals surface area contributed by atoms with Crippen LogP contribution in [0.4, 0.5) is 4.39 Å². The standard InChI is InChI=1S/C18H24FNO/c1-14-8-9-20(15(2)11-14)13-16-6-7-18(19)17(12-16)5-3-4-10-21/h6-7,12,14-15,21H,4,8-11,13H2,1-2H3. The summed E-state index contributed by atoms with van der Waals surface area (Å²) in [6.45, 7) is 6.54. The molecule has 3 heteroatoms. The monoisotopic (exact) mass is 289 g/mol. The average Bonchev–Trinajstić information content (AvgIpc) is 2.45. The van der Waals surface area contributed by atoms with Gasteiger partial charge in [-0.1, -0.05) is 24.8 Å². The first-order valence-electron chi connectivity index (χ1n) is 7.72. The lowest BCUT2D eigenvalue weighted by Crippen LogP contribution is -2.39. The van der Waals surface area contributed by atoms with Gasteiger partial charge in [-0.3, -0.25) is 4.90 Å². The average molecular weight is 289 g/mol. The summed E-state index contributed by atoms with van der Waals surface area (Å²) in [6.07, 6.45) is 2.84. The SMILES string of the molecule is CC1CCN(Cc2ccc(F)c(C#CCCO)c2)C(C)C1. The van der Waals surface area contributed by atoms with Gasteiger partial charge in [0.2, 0.25) is 0 Å². The van der Waals surface area contributed by atoms with Crippen molar-refractivity contribution in [3.05, 3.63) is 35.1 Å². The normalized spacial score (nSPS) is 22.7. The zero-order valence-corrected chi connectivity index (χ0v) is 12.9. The van der Waals surface area contributed by atoms with Crippen molar-refractivity contribution >= 4 is 0 Å². The van der Waals surface area contributed by atoms with E-state index in [4.69, 9.17) is 5.11 Å². The van der Waals surface area contributed by atoms with Crippen molar-refractivity contribution in [2.75, 3.05) is 13.2 Å². The summed E-state index contributed by atoms with van der Waals surface area (Å²) in [4.78, 5) is 2.46. The Balaban J connectivity index is 2.07. The number of aliphatic hydroxyl groups is 1. The van der Waals surface area contributed by atoms with E-state index in [2.05, 4.69) is 30.6 Å². The summed E-state index contributed by atoms with van der Waals surface area (Å²) in [7, 11) is 0. The number of rotatable bonds is 3. The molecule has 0 aromatic heterocycles. The molecule has 2 rings (SSSR count). The number of likely N-dealkylation sites (tertiary alicyclic amines) is 1. The van der Waals surface area contributed by atoms with Crippen molar-refractivity contribution in [3.63, 3.8) is 0 Å². The molecule has 0 saturated carbocycles. The maximum Gasteiger partial charge on any atom is 0.138 e. The highest BCUT2D eigenvalue weighted by Gasteiger charge is 2.22. The van der Waals surface area contributed by atoms with Gasteiger partial charge in [0.25, 0.3) is 0 Å². The lowest BCUT2D eigenvalue weighted by atomic mass is 9.93. The Hall–Kier alpha value is -1.37. The summed E-state index contributed by atoms with van der Waals surface area (Å²) in [5.41, 5.74) is 1.53. The minimum atomic E-state index is -0.287. The molecular weight excluding hydrogens is 265 g/mol. The molecule has 1 heterocycles. The number of benzene rings is 1. The molecule has 1 N–H and O–H groups in total. The second kappa shape index (κ2) is 7.59. The maximum atomic E-state index is 13.7. The predicted octanol–water partition coefficient (Wildman–Crippen LogP) is 3.18. The summed E-state index contributed by atoms with van der Waals surface area (Å²) in [6, 6.07) is 5.75. The van der Waals surface area contributed by atoms with Gasteiger partial charge in [-0.05, 0) is 49.9 Å². The van der Waals surface area contributed by atoms with Gasteiger partial charge >= 0.3 is 0 Å². The van der Waals surface area contributed by atoms with E-state index in [1.54, 1.807) is 0 Å². The fraction of sp³-hybridized carbons (Fsp3) is 0.556. The fourth-order valence-electron chi connectivity index (χ4n) is 2.91.